The number of fused-ring (bicyclic) bond motifs is 5. The summed E-state index contributed by atoms with van der Waals surface area (Å²) in [7, 11) is 2.67. The number of ether oxygens (including phenoxy) is 5. The fourth-order valence-corrected chi connectivity index (χ4v) is 7.46. The van der Waals surface area contributed by atoms with Crippen LogP contribution in [0, 0.1) is 12.5 Å². The molecule has 16 heteroatoms. The van der Waals surface area contributed by atoms with Crippen molar-refractivity contribution in [2.75, 3.05) is 40.5 Å². The van der Waals surface area contributed by atoms with E-state index in [-0.39, 0.29) is 45.6 Å². The molecule has 5 rings (SSSR count). The molecule has 0 unspecified atom stereocenters. The number of hydrogen-bond donors (Lipinski definition) is 2. The summed E-state index contributed by atoms with van der Waals surface area (Å²) < 4.78 is 28.5. The minimum atomic E-state index is -1.29. The van der Waals surface area contributed by atoms with Crippen molar-refractivity contribution in [1.29, 1.82) is 0 Å². The van der Waals surface area contributed by atoms with E-state index in [2.05, 4.69) is 15.5 Å². The predicted octanol–water partition coefficient (Wildman–Crippen LogP) is 6.05. The number of nitrogens with zero attached hydrogens (tertiary/aromatic N) is 3. The van der Waals surface area contributed by atoms with E-state index in [0.29, 0.717) is 46.8 Å². The van der Waals surface area contributed by atoms with Crippen LogP contribution in [0.5, 0.6) is 11.5 Å². The molecule has 336 valence electrons. The number of amides is 4. The number of nitrogens with one attached hydrogen (secondary N) is 2. The van der Waals surface area contributed by atoms with Crippen molar-refractivity contribution in [3.63, 3.8) is 0 Å². The highest BCUT2D eigenvalue weighted by atomic mass is 16.6. The Kier molecular flexibility index (Phi) is 16.1. The number of rotatable bonds is 12. The topological polar surface area (TPSA) is 183 Å². The van der Waals surface area contributed by atoms with Crippen LogP contribution < -0.4 is 20.1 Å². The van der Waals surface area contributed by atoms with E-state index >= 15 is 0 Å². The Morgan fingerprint density at radius 1 is 0.952 bits per heavy atom. The lowest BCUT2D eigenvalue weighted by molar-refractivity contribution is -0.146. The molecule has 3 aromatic rings. The van der Waals surface area contributed by atoms with Gasteiger partial charge >= 0.3 is 18.2 Å². The molecule has 2 aliphatic rings. The molecule has 0 saturated carbocycles. The number of carbonyl (C=O) groups excluding carboxylic acids is 6. The number of methoxy groups -OCH3 is 1. The van der Waals surface area contributed by atoms with Gasteiger partial charge in [-0.2, -0.15) is 0 Å². The number of carbonyl (C=O) groups is 6. The Morgan fingerprint density at radius 2 is 1.63 bits per heavy atom. The molecule has 0 aromatic heterocycles. The zero-order chi connectivity index (χ0) is 45.8. The summed E-state index contributed by atoms with van der Waals surface area (Å²) in [6.45, 7) is 16.9. The molecule has 0 radical (unpaired) electrons. The second-order valence-corrected chi connectivity index (χ2v) is 16.7. The van der Waals surface area contributed by atoms with E-state index < -0.39 is 71.4 Å². The molecule has 0 aliphatic carbocycles. The summed E-state index contributed by atoms with van der Waals surface area (Å²) in [6, 6.07) is 15.2. The van der Waals surface area contributed by atoms with Crippen LogP contribution >= 0.6 is 0 Å². The van der Waals surface area contributed by atoms with Gasteiger partial charge < -0.3 is 44.1 Å². The summed E-state index contributed by atoms with van der Waals surface area (Å²) >= 11 is 0. The van der Waals surface area contributed by atoms with Gasteiger partial charge in [-0.25, -0.2) is 21.0 Å². The summed E-state index contributed by atoms with van der Waals surface area (Å²) in [4.78, 5) is 88.2. The average Bonchev–Trinajstić information content (AvgIpc) is 3.70. The second-order valence-electron chi connectivity index (χ2n) is 16.7. The van der Waals surface area contributed by atoms with Crippen LogP contribution in [-0.4, -0.2) is 110 Å². The van der Waals surface area contributed by atoms with Crippen LogP contribution in [0.2, 0.25) is 0 Å². The Balaban J connectivity index is 1.58. The van der Waals surface area contributed by atoms with Gasteiger partial charge in [0.15, 0.2) is 5.78 Å². The first-order valence-corrected chi connectivity index (χ1v) is 21.0. The van der Waals surface area contributed by atoms with Crippen molar-refractivity contribution in [2.45, 2.75) is 96.7 Å². The summed E-state index contributed by atoms with van der Waals surface area (Å²) in [5.41, 5.74) is 2.06. The first kappa shape index (κ1) is 47.4. The lowest BCUT2D eigenvalue weighted by atomic mass is 9.89. The highest BCUT2D eigenvalue weighted by Gasteiger charge is 2.46. The number of benzene rings is 3. The smallest absolute Gasteiger partial charge is 0.411 e. The van der Waals surface area contributed by atoms with Crippen LogP contribution in [0.15, 0.2) is 66.7 Å². The van der Waals surface area contributed by atoms with Gasteiger partial charge in [0.05, 0.1) is 26.7 Å². The second kappa shape index (κ2) is 21.4. The van der Waals surface area contributed by atoms with Gasteiger partial charge in [-0.1, -0.05) is 56.3 Å². The lowest BCUT2D eigenvalue weighted by Gasteiger charge is -2.33. The van der Waals surface area contributed by atoms with Crippen molar-refractivity contribution in [3.05, 3.63) is 94.8 Å². The van der Waals surface area contributed by atoms with Gasteiger partial charge in [0.1, 0.15) is 55.0 Å². The number of likely N-dealkylation sites (tertiary alicyclic amines) is 1. The van der Waals surface area contributed by atoms with E-state index in [1.165, 1.54) is 24.0 Å². The first-order valence-electron chi connectivity index (χ1n) is 21.0. The van der Waals surface area contributed by atoms with Crippen molar-refractivity contribution in [2.24, 2.45) is 5.92 Å². The quantitative estimate of drug-likeness (QED) is 0.0935. The number of Topliss-reactive ketones (excluding diaryl/α,β-unsaturated/α-hetero) is 1. The molecule has 1 fully saturated rings. The molecule has 3 aromatic carbocycles. The van der Waals surface area contributed by atoms with Gasteiger partial charge in [-0.15, -0.1) is 0 Å². The van der Waals surface area contributed by atoms with Crippen LogP contribution in [-0.2, 0) is 46.4 Å². The van der Waals surface area contributed by atoms with E-state index in [4.69, 9.17) is 30.3 Å². The largest absolute Gasteiger partial charge is 0.493 e. The predicted molar refractivity (Wildman–Crippen MR) is 231 cm³/mol. The maximum Gasteiger partial charge on any atom is 0.411 e. The van der Waals surface area contributed by atoms with E-state index in [9.17, 15) is 28.8 Å². The van der Waals surface area contributed by atoms with Crippen molar-refractivity contribution < 1.29 is 52.5 Å². The van der Waals surface area contributed by atoms with Gasteiger partial charge in [0, 0.05) is 36.9 Å². The number of esters is 1. The number of hydrogen-bond acceptors (Lipinski definition) is 11. The van der Waals surface area contributed by atoms with E-state index in [1.807, 2.05) is 25.1 Å². The highest BCUT2D eigenvalue weighted by Crippen LogP contribution is 2.41. The summed E-state index contributed by atoms with van der Waals surface area (Å²) in [6.07, 6.45) is -0.974. The van der Waals surface area contributed by atoms with Crippen molar-refractivity contribution in [3.8, 4) is 22.6 Å². The highest BCUT2D eigenvalue weighted by molar-refractivity contribution is 5.96. The third kappa shape index (κ3) is 12.5. The van der Waals surface area contributed by atoms with Gasteiger partial charge in [0.25, 0.3) is 0 Å². The Hall–Kier alpha value is -6.63. The Bertz CT molecular complexity index is 2180. The molecular formula is C47H57N5O11. The standard InChI is InChI=1S/C47H57N5O11/c1-9-20-60-40-18-16-32-25-35(40)34-23-31(15-17-39(34)61-21-19-49-45(57)63-47(3,4)5)24-36(44(56)59-8)50-42(54)29(2)22-38(53)41(32)51(7)43(55)37-26-33(48-6)27-52(37)46(58)62-28-30-13-11-10-12-14-30/h10-18,23,25,29,33,36-37,41H,9,19-22,24,26-28H2,1-5,7-8H3,(H,49,57)(H,50,54)/t29-,33+,36+,37+,41+/m1/s1. The third-order valence-electron chi connectivity index (χ3n) is 10.6. The molecule has 4 bridgehead atoms. The Labute approximate surface area is 368 Å². The number of ketones is 1. The number of alkyl carbamates (subject to hydrolysis) is 1. The molecule has 63 heavy (non-hydrogen) atoms. The molecule has 2 heterocycles. The molecule has 2 N–H and O–H groups in total. The van der Waals surface area contributed by atoms with Gasteiger partial charge in [-0.05, 0) is 68.1 Å². The fourth-order valence-electron chi connectivity index (χ4n) is 7.46. The first-order chi connectivity index (χ1) is 30.0. The average molecular weight is 868 g/mol. The monoisotopic (exact) mass is 867 g/mol. The maximum atomic E-state index is 14.7. The molecule has 1 saturated heterocycles. The van der Waals surface area contributed by atoms with Crippen LogP contribution in [0.4, 0.5) is 9.59 Å². The molecule has 0 spiro atoms. The van der Waals surface area contributed by atoms with E-state index in [1.54, 1.807) is 76.2 Å². The normalized spacial score (nSPS) is 20.0. The third-order valence-corrected chi connectivity index (χ3v) is 10.6. The molecule has 5 atom stereocenters. The van der Waals surface area contributed by atoms with Crippen LogP contribution in [0.3, 0.4) is 0 Å². The minimum absolute atomic E-state index is 0.0209. The maximum absolute atomic E-state index is 14.7. The Morgan fingerprint density at radius 3 is 2.30 bits per heavy atom. The SMILES string of the molecule is [C-]#[N+][C@H]1C[C@@H](C(=O)N(C)[C@@H]2C(=O)C[C@@H](C)C(=O)N[C@H](C(=O)OC)Cc3ccc(OCCNC(=O)OC(C)(C)C)c(c3)-c3cc2ccc3OCCC)N(C(=O)OCc2ccccc2)C1. The van der Waals surface area contributed by atoms with Gasteiger partial charge in [0.2, 0.25) is 17.9 Å². The minimum Gasteiger partial charge on any atom is -0.493 e. The summed E-state index contributed by atoms with van der Waals surface area (Å²) in [5, 5.41) is 5.43. The van der Waals surface area contributed by atoms with Crippen LogP contribution in [0.25, 0.3) is 16.0 Å². The molecule has 16 nitrogen and oxygen atoms in total. The lowest BCUT2D eigenvalue weighted by Crippen LogP contribution is -2.49. The molecular weight excluding hydrogens is 811 g/mol. The number of likely N-dealkylation sites (N-methyl/N-ethyl adjacent to an activating group) is 1. The molecule has 2 aliphatic heterocycles. The van der Waals surface area contributed by atoms with Crippen molar-refractivity contribution >= 4 is 35.8 Å². The zero-order valence-electron chi connectivity index (χ0n) is 36.9. The van der Waals surface area contributed by atoms with Crippen LogP contribution in [0.1, 0.15) is 76.6 Å². The summed E-state index contributed by atoms with van der Waals surface area (Å²) in [5.74, 6) is -2.49. The fraction of sp³-hybridized carbons (Fsp3) is 0.468. The van der Waals surface area contributed by atoms with Gasteiger partial charge in [-0.3, -0.25) is 19.3 Å². The molecule has 4 amide bonds. The zero-order valence-corrected chi connectivity index (χ0v) is 36.9. The van der Waals surface area contributed by atoms with E-state index in [0.717, 1.165) is 5.56 Å². The van der Waals surface area contributed by atoms with Crippen molar-refractivity contribution in [1.82, 2.24) is 20.4 Å².